The Kier molecular flexibility index (Phi) is 7.64. The van der Waals surface area contributed by atoms with Crippen LogP contribution in [-0.4, -0.2) is 51.0 Å². The van der Waals surface area contributed by atoms with Crippen LogP contribution in [0, 0.1) is 0 Å². The number of nitrogens with one attached hydrogen (secondary N) is 1. The number of carbonyl (C=O) groups is 2. The van der Waals surface area contributed by atoms with Gasteiger partial charge in [-0.05, 0) is 36.8 Å². The summed E-state index contributed by atoms with van der Waals surface area (Å²) in [4.78, 5) is 26.7. The standard InChI is InChI=1S/C20H24ClN3O4S/c1-15(20(26)22-2)23(13-16-7-5-4-6-8-16)19(25)14-24(29(3,27)28)18-11-9-17(21)10-12-18/h4-12,15H,13-14H2,1-3H3,(H,22,26)/t15-/m1/s1. The predicted octanol–water partition coefficient (Wildman–Crippen LogP) is 2.27. The van der Waals surface area contributed by atoms with E-state index in [9.17, 15) is 18.0 Å². The van der Waals surface area contributed by atoms with E-state index in [0.717, 1.165) is 16.1 Å². The second kappa shape index (κ2) is 9.76. The van der Waals surface area contributed by atoms with Gasteiger partial charge in [0.25, 0.3) is 0 Å². The van der Waals surface area contributed by atoms with Gasteiger partial charge in [0.05, 0.1) is 11.9 Å². The quantitative estimate of drug-likeness (QED) is 0.686. The van der Waals surface area contributed by atoms with Gasteiger partial charge in [-0.15, -0.1) is 0 Å². The molecule has 2 rings (SSSR count). The molecule has 2 aromatic rings. The molecule has 0 aromatic heterocycles. The molecular formula is C20H24ClN3O4S. The van der Waals surface area contributed by atoms with E-state index >= 15 is 0 Å². The van der Waals surface area contributed by atoms with Crippen LogP contribution in [-0.2, 0) is 26.2 Å². The number of anilines is 1. The SMILES string of the molecule is CNC(=O)[C@@H](C)N(Cc1ccccc1)C(=O)CN(c1ccc(Cl)cc1)S(C)(=O)=O. The monoisotopic (exact) mass is 437 g/mol. The van der Waals surface area contributed by atoms with Crippen LogP contribution in [0.3, 0.4) is 0 Å². The maximum Gasteiger partial charge on any atom is 0.244 e. The first-order valence-corrected chi connectivity index (χ1v) is 11.1. The summed E-state index contributed by atoms with van der Waals surface area (Å²) in [7, 11) is -2.25. The van der Waals surface area contributed by atoms with Crippen LogP contribution in [0.15, 0.2) is 54.6 Å². The van der Waals surface area contributed by atoms with Gasteiger partial charge in [0.2, 0.25) is 21.8 Å². The van der Waals surface area contributed by atoms with Crippen molar-refractivity contribution in [2.24, 2.45) is 0 Å². The van der Waals surface area contributed by atoms with Crippen LogP contribution in [0.4, 0.5) is 5.69 Å². The van der Waals surface area contributed by atoms with Gasteiger partial charge in [-0.1, -0.05) is 41.9 Å². The van der Waals surface area contributed by atoms with Gasteiger partial charge in [-0.3, -0.25) is 13.9 Å². The van der Waals surface area contributed by atoms with E-state index < -0.39 is 28.5 Å². The smallest absolute Gasteiger partial charge is 0.244 e. The second-order valence-electron chi connectivity index (χ2n) is 6.54. The number of hydrogen-bond donors (Lipinski definition) is 1. The van der Waals surface area contributed by atoms with Gasteiger partial charge >= 0.3 is 0 Å². The lowest BCUT2D eigenvalue weighted by atomic mass is 10.1. The molecule has 0 fully saturated rings. The summed E-state index contributed by atoms with van der Waals surface area (Å²) in [5, 5.41) is 2.98. The zero-order valence-electron chi connectivity index (χ0n) is 16.5. The highest BCUT2D eigenvalue weighted by Crippen LogP contribution is 2.21. The van der Waals surface area contributed by atoms with E-state index in [0.29, 0.717) is 10.7 Å². The molecule has 7 nitrogen and oxygen atoms in total. The fraction of sp³-hybridized carbons (Fsp3) is 0.300. The summed E-state index contributed by atoms with van der Waals surface area (Å²) >= 11 is 5.88. The number of benzene rings is 2. The summed E-state index contributed by atoms with van der Waals surface area (Å²) in [5.74, 6) is -0.836. The highest BCUT2D eigenvalue weighted by Gasteiger charge is 2.29. The molecule has 1 atom stereocenters. The number of nitrogens with zero attached hydrogens (tertiary/aromatic N) is 2. The first kappa shape index (κ1) is 22.7. The van der Waals surface area contributed by atoms with Gasteiger partial charge < -0.3 is 10.2 Å². The van der Waals surface area contributed by atoms with Gasteiger partial charge in [0.15, 0.2) is 0 Å². The van der Waals surface area contributed by atoms with Crippen LogP contribution in [0.2, 0.25) is 5.02 Å². The Balaban J connectivity index is 2.34. The van der Waals surface area contributed by atoms with E-state index in [4.69, 9.17) is 11.6 Å². The maximum absolute atomic E-state index is 13.1. The minimum absolute atomic E-state index is 0.173. The number of halogens is 1. The maximum atomic E-state index is 13.1. The third kappa shape index (κ3) is 6.20. The Morgan fingerprint density at radius 2 is 1.66 bits per heavy atom. The molecule has 0 radical (unpaired) electrons. The number of sulfonamides is 1. The minimum Gasteiger partial charge on any atom is -0.357 e. The van der Waals surface area contributed by atoms with Crippen LogP contribution in [0.25, 0.3) is 0 Å². The molecule has 0 heterocycles. The molecule has 1 N–H and O–H groups in total. The van der Waals surface area contributed by atoms with Crippen molar-refractivity contribution in [3.05, 3.63) is 65.2 Å². The van der Waals surface area contributed by atoms with Gasteiger partial charge in [0.1, 0.15) is 12.6 Å². The first-order valence-electron chi connectivity index (χ1n) is 8.91. The van der Waals surface area contributed by atoms with E-state index in [-0.39, 0.29) is 12.5 Å². The summed E-state index contributed by atoms with van der Waals surface area (Å²) in [6, 6.07) is 14.6. The van der Waals surface area contributed by atoms with Crippen molar-refractivity contribution in [1.29, 1.82) is 0 Å². The van der Waals surface area contributed by atoms with Gasteiger partial charge in [-0.25, -0.2) is 8.42 Å². The van der Waals surface area contributed by atoms with Crippen LogP contribution in [0.5, 0.6) is 0 Å². The Hall–Kier alpha value is -2.58. The number of amides is 2. The van der Waals surface area contributed by atoms with Crippen LogP contribution >= 0.6 is 11.6 Å². The third-order valence-electron chi connectivity index (χ3n) is 4.40. The molecular weight excluding hydrogens is 414 g/mol. The number of rotatable bonds is 8. The Morgan fingerprint density at radius 1 is 1.07 bits per heavy atom. The highest BCUT2D eigenvalue weighted by molar-refractivity contribution is 7.92. The summed E-state index contributed by atoms with van der Waals surface area (Å²) in [5.41, 5.74) is 1.14. The van der Waals surface area contributed by atoms with Crippen molar-refractivity contribution < 1.29 is 18.0 Å². The van der Waals surface area contributed by atoms with Crippen molar-refractivity contribution >= 4 is 39.1 Å². The van der Waals surface area contributed by atoms with Crippen LogP contribution < -0.4 is 9.62 Å². The Morgan fingerprint density at radius 3 is 2.17 bits per heavy atom. The largest absolute Gasteiger partial charge is 0.357 e. The highest BCUT2D eigenvalue weighted by atomic mass is 35.5. The molecule has 0 saturated heterocycles. The molecule has 2 amide bonds. The van der Waals surface area contributed by atoms with E-state index in [1.807, 2.05) is 30.3 Å². The Bertz CT molecular complexity index is 949. The molecule has 0 aliphatic heterocycles. The fourth-order valence-electron chi connectivity index (χ4n) is 2.79. The number of carbonyl (C=O) groups excluding carboxylic acids is 2. The van der Waals surface area contributed by atoms with E-state index in [1.165, 1.54) is 24.1 Å². The van der Waals surface area contributed by atoms with Crippen molar-refractivity contribution in [2.75, 3.05) is 24.2 Å². The number of likely N-dealkylation sites (N-methyl/N-ethyl adjacent to an activating group) is 1. The molecule has 0 saturated carbocycles. The zero-order valence-corrected chi connectivity index (χ0v) is 18.1. The topological polar surface area (TPSA) is 86.8 Å². The first-order chi connectivity index (χ1) is 13.6. The Labute approximate surface area is 176 Å². The molecule has 0 spiro atoms. The van der Waals surface area contributed by atoms with Crippen molar-refractivity contribution in [3.8, 4) is 0 Å². The molecule has 0 bridgehead atoms. The van der Waals surface area contributed by atoms with Gasteiger partial charge in [0, 0.05) is 18.6 Å². The van der Waals surface area contributed by atoms with Crippen molar-refractivity contribution in [1.82, 2.24) is 10.2 Å². The lowest BCUT2D eigenvalue weighted by Gasteiger charge is -2.31. The number of hydrogen-bond acceptors (Lipinski definition) is 4. The van der Waals surface area contributed by atoms with Crippen molar-refractivity contribution in [2.45, 2.75) is 19.5 Å². The molecule has 0 aliphatic carbocycles. The van der Waals surface area contributed by atoms with Gasteiger partial charge in [-0.2, -0.15) is 0 Å². The lowest BCUT2D eigenvalue weighted by molar-refractivity contribution is -0.139. The van der Waals surface area contributed by atoms with Crippen molar-refractivity contribution in [3.63, 3.8) is 0 Å². The summed E-state index contributed by atoms with van der Waals surface area (Å²) < 4.78 is 25.7. The molecule has 0 aliphatic rings. The molecule has 2 aromatic carbocycles. The molecule has 156 valence electrons. The molecule has 0 unspecified atom stereocenters. The summed E-state index contributed by atoms with van der Waals surface area (Å²) in [6.45, 7) is 1.34. The molecule has 9 heteroatoms. The van der Waals surface area contributed by atoms with E-state index in [2.05, 4.69) is 5.32 Å². The second-order valence-corrected chi connectivity index (χ2v) is 8.89. The predicted molar refractivity (Wildman–Crippen MR) is 114 cm³/mol. The summed E-state index contributed by atoms with van der Waals surface area (Å²) in [6.07, 6.45) is 1.03. The van der Waals surface area contributed by atoms with E-state index in [1.54, 1.807) is 19.1 Å². The zero-order chi connectivity index (χ0) is 21.6. The lowest BCUT2D eigenvalue weighted by Crippen LogP contribution is -2.50. The molecule has 29 heavy (non-hydrogen) atoms. The minimum atomic E-state index is -3.74. The normalized spacial score (nSPS) is 12.1. The fourth-order valence-corrected chi connectivity index (χ4v) is 3.77. The third-order valence-corrected chi connectivity index (χ3v) is 5.80. The van der Waals surface area contributed by atoms with Crippen LogP contribution in [0.1, 0.15) is 12.5 Å². The average molecular weight is 438 g/mol. The average Bonchev–Trinajstić information content (AvgIpc) is 2.69.